The Kier molecular flexibility index (Phi) is 19.9. The second-order valence-corrected chi connectivity index (χ2v) is 16.3. The van der Waals surface area contributed by atoms with Crippen LogP contribution in [-0.2, 0) is 9.59 Å². The fourth-order valence-electron chi connectivity index (χ4n) is 10.9. The lowest BCUT2D eigenvalue weighted by molar-refractivity contribution is -0.122. The molecule has 0 spiro atoms. The fraction of sp³-hybridized carbons (Fsp3) is 0.854. The molecule has 0 aromatic rings. The Labute approximate surface area is 284 Å². The van der Waals surface area contributed by atoms with Crippen LogP contribution >= 0.6 is 0 Å². The first-order chi connectivity index (χ1) is 22.0. The summed E-state index contributed by atoms with van der Waals surface area (Å²) in [5, 5.41) is 16.2. The predicted molar refractivity (Wildman–Crippen MR) is 196 cm³/mol. The number of carbonyl (C=O) groups excluding carboxylic acids is 1. The van der Waals surface area contributed by atoms with Crippen LogP contribution in [0.1, 0.15) is 150 Å². The maximum atomic E-state index is 9.32. The SMILES string of the molecule is C=C(CO)CCC(CCCC1CCC2(C)C(CCC3C4CCC(CCCCC(C)C)C4(C)CCC32)C1)C(=C)C.C=O.CN.O=CO. The Hall–Kier alpha value is -1.46. The van der Waals surface area contributed by atoms with Crippen molar-refractivity contribution >= 4 is 13.3 Å². The molecule has 4 aliphatic carbocycles. The minimum Gasteiger partial charge on any atom is -0.483 e. The van der Waals surface area contributed by atoms with Crippen LogP contribution in [0.25, 0.3) is 0 Å². The molecule has 0 aliphatic heterocycles. The molecule has 9 unspecified atom stereocenters. The van der Waals surface area contributed by atoms with Crippen LogP contribution in [0.5, 0.6) is 0 Å². The van der Waals surface area contributed by atoms with Gasteiger partial charge < -0.3 is 20.7 Å². The minimum atomic E-state index is -0.250. The molecule has 0 saturated heterocycles. The predicted octanol–water partition coefficient (Wildman–Crippen LogP) is 10.3. The molecule has 5 heteroatoms. The van der Waals surface area contributed by atoms with Crippen LogP contribution in [-0.4, -0.2) is 37.1 Å². The summed E-state index contributed by atoms with van der Waals surface area (Å²) >= 11 is 0. The first kappa shape index (κ1) is 42.6. The van der Waals surface area contributed by atoms with Gasteiger partial charge in [0.25, 0.3) is 6.47 Å². The second-order valence-electron chi connectivity index (χ2n) is 16.3. The van der Waals surface area contributed by atoms with E-state index in [0.717, 1.165) is 59.8 Å². The summed E-state index contributed by atoms with van der Waals surface area (Å²) in [4.78, 5) is 16.4. The van der Waals surface area contributed by atoms with Crippen LogP contribution in [0.3, 0.4) is 0 Å². The number of rotatable bonds is 14. The van der Waals surface area contributed by atoms with E-state index in [1.165, 1.54) is 103 Å². The van der Waals surface area contributed by atoms with Gasteiger partial charge in [0.05, 0.1) is 6.61 Å². The van der Waals surface area contributed by atoms with Gasteiger partial charge in [-0.3, -0.25) is 4.79 Å². The first-order valence-electron chi connectivity index (χ1n) is 18.9. The third-order valence-electron chi connectivity index (χ3n) is 13.5. The highest BCUT2D eigenvalue weighted by Crippen LogP contribution is 2.68. The molecular weight excluding hydrogens is 570 g/mol. The van der Waals surface area contributed by atoms with Gasteiger partial charge in [-0.1, -0.05) is 84.1 Å². The molecule has 0 bridgehead atoms. The summed E-state index contributed by atoms with van der Waals surface area (Å²) in [5.74, 6) is 7.50. The van der Waals surface area contributed by atoms with Gasteiger partial charge in [0.2, 0.25) is 0 Å². The zero-order valence-electron chi connectivity index (χ0n) is 31.0. The van der Waals surface area contributed by atoms with Gasteiger partial charge in [0.1, 0.15) is 6.79 Å². The summed E-state index contributed by atoms with van der Waals surface area (Å²) in [6.45, 7) is 22.7. The first-order valence-corrected chi connectivity index (χ1v) is 18.9. The number of allylic oxidation sites excluding steroid dienone is 1. The lowest BCUT2D eigenvalue weighted by Crippen LogP contribution is -2.53. The summed E-state index contributed by atoms with van der Waals surface area (Å²) in [7, 11) is 1.50. The average Bonchev–Trinajstić information content (AvgIpc) is 3.38. The zero-order valence-corrected chi connectivity index (χ0v) is 31.0. The number of fused-ring (bicyclic) bond motifs is 5. The van der Waals surface area contributed by atoms with Crippen molar-refractivity contribution in [3.8, 4) is 0 Å². The van der Waals surface area contributed by atoms with E-state index in [1.54, 1.807) is 12.8 Å². The lowest BCUT2D eigenvalue weighted by atomic mass is 9.44. The summed E-state index contributed by atoms with van der Waals surface area (Å²) in [6.07, 6.45) is 25.7. The van der Waals surface area contributed by atoms with Crippen LogP contribution in [0.15, 0.2) is 24.3 Å². The highest BCUT2D eigenvalue weighted by molar-refractivity contribution is 5.32. The van der Waals surface area contributed by atoms with E-state index >= 15 is 0 Å². The van der Waals surface area contributed by atoms with Gasteiger partial charge in [-0.05, 0) is 156 Å². The number of unbranched alkanes of at least 4 members (excludes halogenated alkanes) is 1. The van der Waals surface area contributed by atoms with E-state index in [1.807, 2.05) is 6.79 Å². The highest BCUT2D eigenvalue weighted by Gasteiger charge is 2.59. The molecule has 4 N–H and O–H groups in total. The quantitative estimate of drug-likeness (QED) is 0.0991. The largest absolute Gasteiger partial charge is 0.483 e. The molecule has 5 nitrogen and oxygen atoms in total. The Morgan fingerprint density at radius 1 is 0.870 bits per heavy atom. The van der Waals surface area contributed by atoms with E-state index < -0.39 is 0 Å². The third kappa shape index (κ3) is 11.3. The van der Waals surface area contributed by atoms with Gasteiger partial charge in [-0.15, -0.1) is 0 Å². The zero-order chi connectivity index (χ0) is 34.9. The number of hydrogen-bond donors (Lipinski definition) is 3. The molecule has 4 aliphatic rings. The minimum absolute atomic E-state index is 0.131. The topological polar surface area (TPSA) is 101 Å². The summed E-state index contributed by atoms with van der Waals surface area (Å²) in [6, 6.07) is 0. The van der Waals surface area contributed by atoms with E-state index in [9.17, 15) is 5.11 Å². The third-order valence-corrected chi connectivity index (χ3v) is 13.5. The van der Waals surface area contributed by atoms with Gasteiger partial charge in [-0.2, -0.15) is 0 Å². The molecule has 0 heterocycles. The number of carboxylic acid groups (broad SMARTS) is 1. The molecule has 0 amide bonds. The molecule has 268 valence electrons. The van der Waals surface area contributed by atoms with Gasteiger partial charge in [0, 0.05) is 0 Å². The molecule has 4 saturated carbocycles. The molecular formula is C41H75NO4. The van der Waals surface area contributed by atoms with Crippen molar-refractivity contribution in [2.45, 2.75) is 150 Å². The fourth-order valence-corrected chi connectivity index (χ4v) is 10.9. The van der Waals surface area contributed by atoms with Crippen LogP contribution in [0, 0.1) is 58.2 Å². The lowest BCUT2D eigenvalue weighted by Gasteiger charge is -2.61. The van der Waals surface area contributed by atoms with E-state index in [0.29, 0.717) is 16.7 Å². The number of aliphatic hydroxyl groups excluding tert-OH is 1. The van der Waals surface area contributed by atoms with Gasteiger partial charge in [-0.25, -0.2) is 0 Å². The summed E-state index contributed by atoms with van der Waals surface area (Å²) < 4.78 is 0. The Morgan fingerprint density at radius 3 is 2.11 bits per heavy atom. The van der Waals surface area contributed by atoms with Crippen molar-refractivity contribution in [2.75, 3.05) is 13.7 Å². The van der Waals surface area contributed by atoms with E-state index in [4.69, 9.17) is 14.7 Å². The van der Waals surface area contributed by atoms with Crippen molar-refractivity contribution in [2.24, 2.45) is 63.9 Å². The second kappa shape index (κ2) is 21.5. The number of hydrogen-bond acceptors (Lipinski definition) is 4. The molecule has 4 rings (SSSR count). The van der Waals surface area contributed by atoms with Crippen molar-refractivity contribution in [1.82, 2.24) is 0 Å². The average molecular weight is 646 g/mol. The van der Waals surface area contributed by atoms with Crippen molar-refractivity contribution < 1.29 is 19.8 Å². The van der Waals surface area contributed by atoms with Crippen LogP contribution in [0.2, 0.25) is 0 Å². The molecule has 9 atom stereocenters. The number of aliphatic hydroxyl groups is 1. The summed E-state index contributed by atoms with van der Waals surface area (Å²) in [5.41, 5.74) is 8.08. The van der Waals surface area contributed by atoms with Crippen LogP contribution in [0.4, 0.5) is 0 Å². The highest BCUT2D eigenvalue weighted by atomic mass is 16.3. The van der Waals surface area contributed by atoms with Crippen molar-refractivity contribution in [3.05, 3.63) is 24.3 Å². The molecule has 0 aromatic heterocycles. The van der Waals surface area contributed by atoms with E-state index in [2.05, 4.69) is 53.5 Å². The Bertz CT molecular complexity index is 888. The van der Waals surface area contributed by atoms with Gasteiger partial charge >= 0.3 is 0 Å². The van der Waals surface area contributed by atoms with Gasteiger partial charge in [0.15, 0.2) is 0 Å². The molecule has 0 radical (unpaired) electrons. The standard InChI is InChI=1S/C38H66O.CH5N.CH2O2.CH2O/c1-27(2)11-8-9-14-32-18-20-35-34-19-17-33-25-30(12-10-13-31(28(3)4)16-15-29(5)26-39)21-23-38(33,7)36(34)22-24-37(32,35)6;1-2;2-1-3;1-2/h27,30-36,39H,3,5,8-26H2,1-2,4,6-7H3;2H2,1H3;1H,(H,2,3);1H2. The molecule has 0 aromatic carbocycles. The van der Waals surface area contributed by atoms with Crippen LogP contribution < -0.4 is 5.73 Å². The van der Waals surface area contributed by atoms with Crippen molar-refractivity contribution in [1.29, 1.82) is 0 Å². The smallest absolute Gasteiger partial charge is 0.290 e. The number of carbonyl (C=O) groups is 2. The Morgan fingerprint density at radius 2 is 1.50 bits per heavy atom. The normalized spacial score (nSPS) is 33.2. The molecule has 4 fully saturated rings. The molecule has 46 heavy (non-hydrogen) atoms. The maximum absolute atomic E-state index is 9.32. The van der Waals surface area contributed by atoms with E-state index in [-0.39, 0.29) is 13.1 Å². The number of nitrogens with two attached hydrogens (primary N) is 1. The van der Waals surface area contributed by atoms with Crippen molar-refractivity contribution in [3.63, 3.8) is 0 Å². The maximum Gasteiger partial charge on any atom is 0.290 e. The Balaban J connectivity index is 0.00000140. The monoisotopic (exact) mass is 646 g/mol.